The molecule has 0 saturated carbocycles. The molecule has 1 aromatic carbocycles. The van der Waals surface area contributed by atoms with Crippen molar-refractivity contribution in [2.24, 2.45) is 0 Å². The zero-order valence-electron chi connectivity index (χ0n) is 12.3. The van der Waals surface area contributed by atoms with Crippen LogP contribution in [0, 0.1) is 6.92 Å². The van der Waals surface area contributed by atoms with Crippen LogP contribution in [-0.4, -0.2) is 27.5 Å². The van der Waals surface area contributed by atoms with Gasteiger partial charge in [0.05, 0.1) is 12.2 Å². The van der Waals surface area contributed by atoms with Gasteiger partial charge in [0, 0.05) is 18.5 Å². The van der Waals surface area contributed by atoms with Gasteiger partial charge in [-0.25, -0.2) is 14.8 Å². The van der Waals surface area contributed by atoms with Gasteiger partial charge in [-0.3, -0.25) is 0 Å². The van der Waals surface area contributed by atoms with Gasteiger partial charge in [0.1, 0.15) is 17.6 Å². The molecule has 0 fully saturated rings. The van der Waals surface area contributed by atoms with E-state index in [0.717, 1.165) is 16.8 Å². The molecule has 0 saturated heterocycles. The zero-order chi connectivity index (χ0) is 15.5. The molecule has 0 bridgehead atoms. The standard InChI is InChI=1S/C16H16ClN3O2/c1-11-18-14-7-8-20(9-13(14)15(17)19-11)16(21)22-10-12-5-3-2-4-6-12/h2-6H,7-10H2,1H3. The number of amides is 1. The van der Waals surface area contributed by atoms with E-state index >= 15 is 0 Å². The van der Waals surface area contributed by atoms with E-state index in [2.05, 4.69) is 9.97 Å². The van der Waals surface area contributed by atoms with Crippen LogP contribution < -0.4 is 0 Å². The van der Waals surface area contributed by atoms with Crippen LogP contribution in [0.1, 0.15) is 22.6 Å². The van der Waals surface area contributed by atoms with E-state index in [9.17, 15) is 4.79 Å². The van der Waals surface area contributed by atoms with Crippen molar-refractivity contribution in [3.63, 3.8) is 0 Å². The molecule has 1 aliphatic rings. The highest BCUT2D eigenvalue weighted by Crippen LogP contribution is 2.24. The molecule has 3 rings (SSSR count). The van der Waals surface area contributed by atoms with Gasteiger partial charge >= 0.3 is 6.09 Å². The fraction of sp³-hybridized carbons (Fsp3) is 0.312. The van der Waals surface area contributed by atoms with E-state index in [0.29, 0.717) is 30.5 Å². The van der Waals surface area contributed by atoms with Crippen molar-refractivity contribution in [2.75, 3.05) is 6.54 Å². The molecule has 6 heteroatoms. The molecule has 0 unspecified atom stereocenters. The molecule has 2 aromatic rings. The maximum atomic E-state index is 12.2. The summed E-state index contributed by atoms with van der Waals surface area (Å²) in [7, 11) is 0. The van der Waals surface area contributed by atoms with Crippen molar-refractivity contribution in [1.29, 1.82) is 0 Å². The summed E-state index contributed by atoms with van der Waals surface area (Å²) in [5.74, 6) is 0.656. The minimum atomic E-state index is -0.342. The van der Waals surface area contributed by atoms with Crippen molar-refractivity contribution < 1.29 is 9.53 Å². The van der Waals surface area contributed by atoms with Crippen LogP contribution in [0.3, 0.4) is 0 Å². The number of ether oxygens (including phenoxy) is 1. The maximum Gasteiger partial charge on any atom is 0.410 e. The molecule has 114 valence electrons. The quantitative estimate of drug-likeness (QED) is 0.799. The van der Waals surface area contributed by atoms with Gasteiger partial charge < -0.3 is 9.64 Å². The number of hydrogen-bond donors (Lipinski definition) is 0. The first-order valence-corrected chi connectivity index (χ1v) is 7.49. The van der Waals surface area contributed by atoms with Gasteiger partial charge in [0.25, 0.3) is 0 Å². The number of benzene rings is 1. The summed E-state index contributed by atoms with van der Waals surface area (Å²) < 4.78 is 5.35. The number of carbonyl (C=O) groups is 1. The molecule has 1 aromatic heterocycles. The Morgan fingerprint density at radius 3 is 2.86 bits per heavy atom. The third-order valence-electron chi connectivity index (χ3n) is 3.58. The Labute approximate surface area is 133 Å². The fourth-order valence-electron chi connectivity index (χ4n) is 2.46. The van der Waals surface area contributed by atoms with Crippen LogP contribution >= 0.6 is 11.6 Å². The maximum absolute atomic E-state index is 12.2. The molecule has 0 spiro atoms. The lowest BCUT2D eigenvalue weighted by molar-refractivity contribution is 0.0915. The predicted octanol–water partition coefficient (Wildman–Crippen LogP) is 3.13. The summed E-state index contributed by atoms with van der Waals surface area (Å²) in [6, 6.07) is 9.61. The summed E-state index contributed by atoms with van der Waals surface area (Å²) in [6.45, 7) is 3.04. The van der Waals surface area contributed by atoms with E-state index in [1.165, 1.54) is 0 Å². The average molecular weight is 318 g/mol. The van der Waals surface area contributed by atoms with Gasteiger partial charge in [-0.15, -0.1) is 0 Å². The molecule has 0 aliphatic carbocycles. The first-order valence-electron chi connectivity index (χ1n) is 7.11. The topological polar surface area (TPSA) is 55.3 Å². The van der Waals surface area contributed by atoms with Crippen LogP contribution in [0.5, 0.6) is 0 Å². The first-order chi connectivity index (χ1) is 10.6. The normalized spacial score (nSPS) is 13.6. The van der Waals surface area contributed by atoms with Crippen LogP contribution in [0.4, 0.5) is 4.79 Å². The highest BCUT2D eigenvalue weighted by atomic mass is 35.5. The third kappa shape index (κ3) is 3.20. The molecule has 0 atom stereocenters. The van der Waals surface area contributed by atoms with Crippen molar-refractivity contribution in [3.8, 4) is 0 Å². The van der Waals surface area contributed by atoms with Gasteiger partial charge in [0.15, 0.2) is 0 Å². The summed E-state index contributed by atoms with van der Waals surface area (Å²) >= 11 is 6.16. The molecule has 1 aliphatic heterocycles. The van der Waals surface area contributed by atoms with Crippen molar-refractivity contribution in [1.82, 2.24) is 14.9 Å². The second-order valence-corrected chi connectivity index (χ2v) is 5.56. The zero-order valence-corrected chi connectivity index (χ0v) is 13.0. The van der Waals surface area contributed by atoms with Crippen LogP contribution in [0.2, 0.25) is 5.15 Å². The lowest BCUT2D eigenvalue weighted by atomic mass is 10.1. The number of fused-ring (bicyclic) bond motifs is 1. The van der Waals surface area contributed by atoms with Gasteiger partial charge in [-0.2, -0.15) is 0 Å². The number of aromatic nitrogens is 2. The summed E-state index contributed by atoms with van der Waals surface area (Å²) in [4.78, 5) is 22.4. The Balaban J connectivity index is 1.65. The Bertz CT molecular complexity index is 691. The SMILES string of the molecule is Cc1nc(Cl)c2c(n1)CCN(C(=O)OCc1ccccc1)C2. The Hall–Kier alpha value is -2.14. The van der Waals surface area contributed by atoms with E-state index in [1.807, 2.05) is 37.3 Å². The van der Waals surface area contributed by atoms with Crippen LogP contribution in [0.25, 0.3) is 0 Å². The van der Waals surface area contributed by atoms with E-state index < -0.39 is 0 Å². The minimum absolute atomic E-state index is 0.265. The summed E-state index contributed by atoms with van der Waals surface area (Å²) in [5.41, 5.74) is 2.70. The van der Waals surface area contributed by atoms with Crippen molar-refractivity contribution in [3.05, 3.63) is 58.1 Å². The van der Waals surface area contributed by atoms with Crippen LogP contribution in [-0.2, 0) is 24.3 Å². The van der Waals surface area contributed by atoms with Gasteiger partial charge in [0.2, 0.25) is 0 Å². The smallest absolute Gasteiger partial charge is 0.410 e. The lowest BCUT2D eigenvalue weighted by Crippen LogP contribution is -2.37. The molecular weight excluding hydrogens is 302 g/mol. The molecule has 1 amide bonds. The highest BCUT2D eigenvalue weighted by molar-refractivity contribution is 6.30. The fourth-order valence-corrected chi connectivity index (χ4v) is 2.75. The number of hydrogen-bond acceptors (Lipinski definition) is 4. The van der Waals surface area contributed by atoms with Crippen molar-refractivity contribution >= 4 is 17.7 Å². The summed E-state index contributed by atoms with van der Waals surface area (Å²) in [6.07, 6.45) is 0.324. The Morgan fingerprint density at radius 1 is 1.32 bits per heavy atom. The highest BCUT2D eigenvalue weighted by Gasteiger charge is 2.25. The number of rotatable bonds is 2. The number of aryl methyl sites for hydroxylation is 1. The van der Waals surface area contributed by atoms with Crippen molar-refractivity contribution in [2.45, 2.75) is 26.5 Å². The van der Waals surface area contributed by atoms with E-state index in [-0.39, 0.29) is 12.7 Å². The monoisotopic (exact) mass is 317 g/mol. The summed E-state index contributed by atoms with van der Waals surface area (Å²) in [5, 5.41) is 0.419. The average Bonchev–Trinajstić information content (AvgIpc) is 2.53. The first kappa shape index (κ1) is 14.8. The molecule has 0 radical (unpaired) electrons. The molecule has 0 N–H and O–H groups in total. The van der Waals surface area contributed by atoms with Gasteiger partial charge in [-0.05, 0) is 12.5 Å². The molecule has 2 heterocycles. The number of halogens is 1. The number of nitrogens with zero attached hydrogens (tertiary/aromatic N) is 3. The largest absolute Gasteiger partial charge is 0.445 e. The number of carbonyl (C=O) groups excluding carboxylic acids is 1. The lowest BCUT2D eigenvalue weighted by Gasteiger charge is -2.28. The molecule has 22 heavy (non-hydrogen) atoms. The second kappa shape index (κ2) is 6.32. The van der Waals surface area contributed by atoms with E-state index in [1.54, 1.807) is 4.90 Å². The predicted molar refractivity (Wildman–Crippen MR) is 82.5 cm³/mol. The second-order valence-electron chi connectivity index (χ2n) is 5.20. The third-order valence-corrected chi connectivity index (χ3v) is 3.90. The van der Waals surface area contributed by atoms with Gasteiger partial charge in [-0.1, -0.05) is 41.9 Å². The minimum Gasteiger partial charge on any atom is -0.445 e. The Kier molecular flexibility index (Phi) is 4.24. The molecule has 5 nitrogen and oxygen atoms in total. The van der Waals surface area contributed by atoms with E-state index in [4.69, 9.17) is 16.3 Å². The Morgan fingerprint density at radius 2 is 2.09 bits per heavy atom. The molecular formula is C16H16ClN3O2. The van der Waals surface area contributed by atoms with Crippen LogP contribution in [0.15, 0.2) is 30.3 Å².